The van der Waals surface area contributed by atoms with Gasteiger partial charge >= 0.3 is 0 Å². The second-order valence-electron chi connectivity index (χ2n) is 6.45. The predicted octanol–water partition coefficient (Wildman–Crippen LogP) is 2.52. The molecule has 1 aliphatic rings. The quantitative estimate of drug-likeness (QED) is 0.892. The van der Waals surface area contributed by atoms with Crippen LogP contribution in [0.4, 0.5) is 0 Å². The Bertz CT molecular complexity index is 688. The van der Waals surface area contributed by atoms with Crippen molar-refractivity contribution in [1.82, 2.24) is 9.88 Å². The Morgan fingerprint density at radius 1 is 1.27 bits per heavy atom. The summed E-state index contributed by atoms with van der Waals surface area (Å²) in [6, 6.07) is 8.48. The standard InChI is InChI=1S/C18H24N2O2/c1-12(2)19-10-13(21)11-20-16-8-4-3-6-14(16)15-7-5-9-17(22)18(15)20/h3-4,6,8,12-13,19,21H,5,7,9-11H2,1-2H3/t13-/m0/s1. The number of nitrogens with one attached hydrogen (secondary N) is 1. The number of Topliss-reactive ketones (excluding diaryl/α,β-unsaturated/α-hetero) is 1. The van der Waals surface area contributed by atoms with E-state index in [4.69, 9.17) is 0 Å². The maximum Gasteiger partial charge on any atom is 0.179 e. The highest BCUT2D eigenvalue weighted by Gasteiger charge is 2.26. The third-order valence-electron chi connectivity index (χ3n) is 4.33. The molecule has 0 saturated carbocycles. The number of aliphatic hydroxyl groups excluding tert-OH is 1. The predicted molar refractivity (Wildman–Crippen MR) is 88.4 cm³/mol. The summed E-state index contributed by atoms with van der Waals surface area (Å²) in [6.07, 6.45) is 1.99. The lowest BCUT2D eigenvalue weighted by Crippen LogP contribution is -2.35. The zero-order valence-electron chi connectivity index (χ0n) is 13.3. The Morgan fingerprint density at radius 3 is 2.82 bits per heavy atom. The van der Waals surface area contributed by atoms with E-state index < -0.39 is 6.10 Å². The highest BCUT2D eigenvalue weighted by atomic mass is 16.3. The number of ketones is 1. The van der Waals surface area contributed by atoms with Crippen molar-refractivity contribution in [3.05, 3.63) is 35.5 Å². The summed E-state index contributed by atoms with van der Waals surface area (Å²) in [4.78, 5) is 12.4. The molecule has 22 heavy (non-hydrogen) atoms. The average Bonchev–Trinajstić information content (AvgIpc) is 2.81. The monoisotopic (exact) mass is 300 g/mol. The first-order valence-corrected chi connectivity index (χ1v) is 8.12. The van der Waals surface area contributed by atoms with E-state index in [1.54, 1.807) is 0 Å². The molecule has 3 rings (SSSR count). The van der Waals surface area contributed by atoms with Crippen LogP contribution in [0, 0.1) is 0 Å². The Balaban J connectivity index is 1.98. The van der Waals surface area contributed by atoms with Crippen LogP contribution in [0.2, 0.25) is 0 Å². The molecular weight excluding hydrogens is 276 g/mol. The molecule has 0 fully saturated rings. The third kappa shape index (κ3) is 2.81. The van der Waals surface area contributed by atoms with Crippen LogP contribution in [0.5, 0.6) is 0 Å². The van der Waals surface area contributed by atoms with Crippen molar-refractivity contribution < 1.29 is 9.90 Å². The number of aromatic nitrogens is 1. The largest absolute Gasteiger partial charge is 0.390 e. The maximum absolute atomic E-state index is 12.4. The SMILES string of the molecule is CC(C)NC[C@H](O)Cn1c2c(c3ccccc31)CCCC2=O. The van der Waals surface area contributed by atoms with Gasteiger partial charge in [0.15, 0.2) is 5.78 Å². The van der Waals surface area contributed by atoms with Gasteiger partial charge in [-0.05, 0) is 24.5 Å². The first kappa shape index (κ1) is 15.3. The minimum atomic E-state index is -0.503. The summed E-state index contributed by atoms with van der Waals surface area (Å²) in [6.45, 7) is 5.11. The number of hydrogen-bond donors (Lipinski definition) is 2. The fourth-order valence-electron chi connectivity index (χ4n) is 3.33. The van der Waals surface area contributed by atoms with Crippen LogP contribution in [-0.4, -0.2) is 34.1 Å². The number of hydrogen-bond acceptors (Lipinski definition) is 3. The van der Waals surface area contributed by atoms with Gasteiger partial charge in [0.05, 0.1) is 18.3 Å². The van der Waals surface area contributed by atoms with Crippen molar-refractivity contribution in [3.63, 3.8) is 0 Å². The molecule has 0 bridgehead atoms. The fraction of sp³-hybridized carbons (Fsp3) is 0.500. The van der Waals surface area contributed by atoms with E-state index in [-0.39, 0.29) is 5.78 Å². The van der Waals surface area contributed by atoms with Gasteiger partial charge in [-0.15, -0.1) is 0 Å². The summed E-state index contributed by atoms with van der Waals surface area (Å²) >= 11 is 0. The Labute approximate surface area is 131 Å². The summed E-state index contributed by atoms with van der Waals surface area (Å²) < 4.78 is 2.03. The van der Waals surface area contributed by atoms with Crippen molar-refractivity contribution in [1.29, 1.82) is 0 Å². The van der Waals surface area contributed by atoms with E-state index in [1.165, 1.54) is 0 Å². The van der Waals surface area contributed by atoms with E-state index in [1.807, 2.05) is 22.8 Å². The van der Waals surface area contributed by atoms with Crippen molar-refractivity contribution in [2.75, 3.05) is 6.54 Å². The number of fused-ring (bicyclic) bond motifs is 3. The molecule has 2 aromatic rings. The van der Waals surface area contributed by atoms with Crippen LogP contribution >= 0.6 is 0 Å². The minimum absolute atomic E-state index is 0.210. The van der Waals surface area contributed by atoms with Gasteiger partial charge in [0, 0.05) is 29.9 Å². The van der Waals surface area contributed by atoms with E-state index in [9.17, 15) is 9.90 Å². The topological polar surface area (TPSA) is 54.3 Å². The smallest absolute Gasteiger partial charge is 0.179 e. The van der Waals surface area contributed by atoms with Gasteiger partial charge in [-0.2, -0.15) is 0 Å². The molecule has 4 nitrogen and oxygen atoms in total. The zero-order chi connectivity index (χ0) is 15.7. The highest BCUT2D eigenvalue weighted by molar-refractivity contribution is 6.04. The van der Waals surface area contributed by atoms with Crippen molar-refractivity contribution in [2.45, 2.75) is 51.8 Å². The first-order valence-electron chi connectivity index (χ1n) is 8.12. The van der Waals surface area contributed by atoms with E-state index in [2.05, 4.69) is 25.2 Å². The van der Waals surface area contributed by atoms with Gasteiger partial charge in [0.2, 0.25) is 0 Å². The van der Waals surface area contributed by atoms with Crippen molar-refractivity contribution in [2.24, 2.45) is 0 Å². The second-order valence-corrected chi connectivity index (χ2v) is 6.45. The summed E-state index contributed by atoms with van der Waals surface area (Å²) in [7, 11) is 0. The Hall–Kier alpha value is -1.65. The van der Waals surface area contributed by atoms with Gasteiger partial charge in [-0.25, -0.2) is 0 Å². The zero-order valence-corrected chi connectivity index (χ0v) is 13.3. The van der Waals surface area contributed by atoms with Crippen molar-refractivity contribution >= 4 is 16.7 Å². The molecule has 4 heteroatoms. The molecule has 2 N–H and O–H groups in total. The summed E-state index contributed by atoms with van der Waals surface area (Å²) in [5.74, 6) is 0.210. The lowest BCUT2D eigenvalue weighted by molar-refractivity contribution is 0.0956. The molecule has 1 aliphatic carbocycles. The number of carbonyl (C=O) groups is 1. The van der Waals surface area contributed by atoms with Crippen LogP contribution < -0.4 is 5.32 Å². The number of para-hydroxylation sites is 1. The van der Waals surface area contributed by atoms with E-state index in [0.717, 1.165) is 35.0 Å². The van der Waals surface area contributed by atoms with E-state index >= 15 is 0 Å². The Morgan fingerprint density at radius 2 is 2.05 bits per heavy atom. The molecule has 0 radical (unpaired) electrons. The molecule has 118 valence electrons. The second kappa shape index (κ2) is 6.23. The van der Waals surface area contributed by atoms with Crippen LogP contribution in [0.3, 0.4) is 0 Å². The first-order chi connectivity index (χ1) is 10.6. The third-order valence-corrected chi connectivity index (χ3v) is 4.33. The molecule has 0 saturated heterocycles. The number of benzene rings is 1. The number of aryl methyl sites for hydroxylation is 1. The van der Waals surface area contributed by atoms with Gasteiger partial charge in [0.25, 0.3) is 0 Å². The van der Waals surface area contributed by atoms with Gasteiger partial charge in [-0.3, -0.25) is 4.79 Å². The van der Waals surface area contributed by atoms with Gasteiger partial charge in [0.1, 0.15) is 0 Å². The number of carbonyl (C=O) groups excluding carboxylic acids is 1. The van der Waals surface area contributed by atoms with Gasteiger partial charge < -0.3 is 15.0 Å². The highest BCUT2D eigenvalue weighted by Crippen LogP contribution is 2.32. The summed E-state index contributed by atoms with van der Waals surface area (Å²) in [5, 5.41) is 14.7. The molecule has 0 amide bonds. The molecule has 1 aromatic heterocycles. The van der Waals surface area contributed by atoms with Crippen LogP contribution in [0.1, 0.15) is 42.7 Å². The molecule has 0 spiro atoms. The lowest BCUT2D eigenvalue weighted by Gasteiger charge is -2.19. The number of rotatable bonds is 5. The molecular formula is C18H24N2O2. The number of nitrogens with zero attached hydrogens (tertiary/aromatic N) is 1. The van der Waals surface area contributed by atoms with Crippen LogP contribution in [0.15, 0.2) is 24.3 Å². The maximum atomic E-state index is 12.4. The minimum Gasteiger partial charge on any atom is -0.390 e. The molecule has 1 atom stereocenters. The number of aliphatic hydroxyl groups is 1. The summed E-state index contributed by atoms with van der Waals surface area (Å²) in [5.41, 5.74) is 3.04. The van der Waals surface area contributed by atoms with Crippen LogP contribution in [-0.2, 0) is 13.0 Å². The molecule has 1 aromatic carbocycles. The van der Waals surface area contributed by atoms with Crippen molar-refractivity contribution in [3.8, 4) is 0 Å². The van der Waals surface area contributed by atoms with Crippen LogP contribution in [0.25, 0.3) is 10.9 Å². The molecule has 0 aliphatic heterocycles. The molecule has 1 heterocycles. The van der Waals surface area contributed by atoms with Gasteiger partial charge in [-0.1, -0.05) is 32.0 Å². The Kier molecular flexibility index (Phi) is 4.32. The normalized spacial score (nSPS) is 16.3. The lowest BCUT2D eigenvalue weighted by atomic mass is 9.94. The van der Waals surface area contributed by atoms with E-state index in [0.29, 0.717) is 25.6 Å². The fourth-order valence-corrected chi connectivity index (χ4v) is 3.33. The molecule has 0 unspecified atom stereocenters. The average molecular weight is 300 g/mol.